The highest BCUT2D eigenvalue weighted by Crippen LogP contribution is 2.13. The lowest BCUT2D eigenvalue weighted by molar-refractivity contribution is -0.146. The molecule has 0 saturated carbocycles. The van der Waals surface area contributed by atoms with Crippen molar-refractivity contribution in [2.45, 2.75) is 58.4 Å². The number of nitrogens with one attached hydrogen (secondary N) is 3. The highest BCUT2D eigenvalue weighted by atomic mass is 16.5. The summed E-state index contributed by atoms with van der Waals surface area (Å²) in [7, 11) is 0. The first-order valence-electron chi connectivity index (χ1n) is 12.3. The molecule has 0 bridgehead atoms. The molecular weight excluding hydrogens is 480 g/mol. The van der Waals surface area contributed by atoms with E-state index < -0.39 is 23.9 Å². The van der Waals surface area contributed by atoms with Gasteiger partial charge in [0.15, 0.2) is 0 Å². The van der Waals surface area contributed by atoms with E-state index in [1.807, 2.05) is 0 Å². The molecule has 0 spiro atoms. The Balaban J connectivity index is 1.50. The third kappa shape index (κ3) is 7.89. The number of amides is 1. The SMILES string of the molecule is CCOC(=O)CC[C@H](NC(=O)c1ccc(CCCCc2cc3c(=O)[nH]c(N)nc3[nH]2)nc1)C(=O)OCC. The minimum absolute atomic E-state index is 0.0195. The highest BCUT2D eigenvalue weighted by molar-refractivity contribution is 5.96. The van der Waals surface area contributed by atoms with Crippen LogP contribution in [0.5, 0.6) is 0 Å². The summed E-state index contributed by atoms with van der Waals surface area (Å²) in [5.41, 5.74) is 7.79. The van der Waals surface area contributed by atoms with Gasteiger partial charge in [-0.3, -0.25) is 24.4 Å². The summed E-state index contributed by atoms with van der Waals surface area (Å²) in [6.07, 6.45) is 4.65. The third-order valence-corrected chi connectivity index (χ3v) is 5.61. The number of nitrogens with zero attached hydrogens (tertiary/aromatic N) is 2. The molecule has 0 fully saturated rings. The van der Waals surface area contributed by atoms with Gasteiger partial charge in [-0.25, -0.2) is 4.79 Å². The number of ether oxygens (including phenoxy) is 2. The molecule has 3 aromatic rings. The van der Waals surface area contributed by atoms with Crippen molar-refractivity contribution < 1.29 is 23.9 Å². The summed E-state index contributed by atoms with van der Waals surface area (Å²) in [5, 5.41) is 3.10. The Hall–Kier alpha value is -4.22. The number of fused-ring (bicyclic) bond motifs is 1. The summed E-state index contributed by atoms with van der Waals surface area (Å²) < 4.78 is 9.90. The predicted octanol–water partition coefficient (Wildman–Crippen LogP) is 1.80. The van der Waals surface area contributed by atoms with Crippen LogP contribution in [0.15, 0.2) is 29.2 Å². The first-order chi connectivity index (χ1) is 17.8. The number of pyridine rings is 1. The number of aryl methyl sites for hydroxylation is 2. The van der Waals surface area contributed by atoms with E-state index >= 15 is 0 Å². The van der Waals surface area contributed by atoms with E-state index in [9.17, 15) is 19.2 Å². The number of hydrogen-bond donors (Lipinski definition) is 4. The molecule has 37 heavy (non-hydrogen) atoms. The number of aromatic amines is 2. The van der Waals surface area contributed by atoms with Crippen molar-refractivity contribution in [3.05, 3.63) is 51.7 Å². The molecule has 0 unspecified atom stereocenters. The van der Waals surface area contributed by atoms with Gasteiger partial charge in [0, 0.05) is 24.0 Å². The van der Waals surface area contributed by atoms with Crippen molar-refractivity contribution in [2.75, 3.05) is 18.9 Å². The van der Waals surface area contributed by atoms with Crippen molar-refractivity contribution in [3.63, 3.8) is 0 Å². The zero-order valence-corrected chi connectivity index (χ0v) is 21.0. The minimum atomic E-state index is -0.969. The van der Waals surface area contributed by atoms with Crippen molar-refractivity contribution in [1.82, 2.24) is 25.3 Å². The molecular formula is C25H32N6O6. The van der Waals surface area contributed by atoms with E-state index in [4.69, 9.17) is 15.2 Å². The Morgan fingerprint density at radius 1 is 1.08 bits per heavy atom. The molecule has 0 radical (unpaired) electrons. The fourth-order valence-corrected chi connectivity index (χ4v) is 3.78. The van der Waals surface area contributed by atoms with Crippen LogP contribution in [0.4, 0.5) is 5.95 Å². The summed E-state index contributed by atoms with van der Waals surface area (Å²) >= 11 is 0. The van der Waals surface area contributed by atoms with Gasteiger partial charge in [-0.15, -0.1) is 0 Å². The number of anilines is 1. The molecule has 0 aliphatic rings. The highest BCUT2D eigenvalue weighted by Gasteiger charge is 2.24. The molecule has 3 aromatic heterocycles. The molecule has 5 N–H and O–H groups in total. The van der Waals surface area contributed by atoms with Gasteiger partial charge in [0.25, 0.3) is 11.5 Å². The van der Waals surface area contributed by atoms with Crippen LogP contribution < -0.4 is 16.6 Å². The predicted molar refractivity (Wildman–Crippen MR) is 136 cm³/mol. The topological polar surface area (TPSA) is 182 Å². The average Bonchev–Trinajstić information content (AvgIpc) is 3.28. The molecule has 0 saturated heterocycles. The molecule has 12 nitrogen and oxygen atoms in total. The molecule has 0 aliphatic carbocycles. The zero-order chi connectivity index (χ0) is 26.8. The molecule has 3 rings (SSSR count). The van der Waals surface area contributed by atoms with E-state index in [1.54, 1.807) is 32.0 Å². The van der Waals surface area contributed by atoms with Gasteiger partial charge in [0.1, 0.15) is 11.7 Å². The van der Waals surface area contributed by atoms with Gasteiger partial charge in [0.05, 0.1) is 24.2 Å². The maximum atomic E-state index is 12.7. The average molecular weight is 513 g/mol. The van der Waals surface area contributed by atoms with Gasteiger partial charge < -0.3 is 25.5 Å². The third-order valence-electron chi connectivity index (χ3n) is 5.61. The number of hydrogen-bond acceptors (Lipinski definition) is 9. The Kier molecular flexibility index (Phi) is 9.76. The Labute approximate surface area is 213 Å². The van der Waals surface area contributed by atoms with Crippen LogP contribution in [-0.4, -0.2) is 57.0 Å². The number of H-pyrrole nitrogens is 2. The van der Waals surface area contributed by atoms with Crippen LogP contribution in [0.25, 0.3) is 11.0 Å². The maximum Gasteiger partial charge on any atom is 0.328 e. The largest absolute Gasteiger partial charge is 0.466 e. The van der Waals surface area contributed by atoms with E-state index in [1.165, 1.54) is 6.20 Å². The van der Waals surface area contributed by atoms with Crippen molar-refractivity contribution in [2.24, 2.45) is 0 Å². The standard InChI is InChI=1S/C25H32N6O6/c1-3-36-20(32)12-11-19(24(35)37-4-2)29-22(33)15-9-10-16(27-14-15)7-5-6-8-17-13-18-21(28-17)30-25(26)31-23(18)34/h9-10,13-14,19H,3-8,11-12H2,1-2H3,(H,29,33)(H4,26,28,30,31,34)/t19-/m0/s1. The fourth-order valence-electron chi connectivity index (χ4n) is 3.78. The Morgan fingerprint density at radius 3 is 2.54 bits per heavy atom. The van der Waals surface area contributed by atoms with Gasteiger partial charge in [0.2, 0.25) is 5.95 Å². The number of aromatic nitrogens is 4. The van der Waals surface area contributed by atoms with Crippen molar-refractivity contribution in [3.8, 4) is 0 Å². The number of nitrogen functional groups attached to an aromatic ring is 1. The van der Waals surface area contributed by atoms with Crippen LogP contribution >= 0.6 is 0 Å². The number of nitrogens with two attached hydrogens (primary N) is 1. The number of esters is 2. The molecule has 1 amide bonds. The second-order valence-electron chi connectivity index (χ2n) is 8.38. The molecule has 198 valence electrons. The smallest absolute Gasteiger partial charge is 0.328 e. The van der Waals surface area contributed by atoms with Crippen LogP contribution in [0.2, 0.25) is 0 Å². The van der Waals surface area contributed by atoms with Crippen molar-refractivity contribution in [1.29, 1.82) is 0 Å². The van der Waals surface area contributed by atoms with Crippen LogP contribution in [0.1, 0.15) is 61.3 Å². The normalized spacial score (nSPS) is 11.7. The van der Waals surface area contributed by atoms with Crippen LogP contribution in [0.3, 0.4) is 0 Å². The summed E-state index contributed by atoms with van der Waals surface area (Å²) in [6.45, 7) is 3.76. The van der Waals surface area contributed by atoms with E-state index in [-0.39, 0.29) is 37.6 Å². The first kappa shape index (κ1) is 27.4. The second kappa shape index (κ2) is 13.2. The molecule has 3 heterocycles. The quantitative estimate of drug-likeness (QED) is 0.196. The van der Waals surface area contributed by atoms with Crippen LogP contribution in [0, 0.1) is 0 Å². The lowest BCUT2D eigenvalue weighted by Gasteiger charge is -2.17. The summed E-state index contributed by atoms with van der Waals surface area (Å²) in [4.78, 5) is 62.5. The van der Waals surface area contributed by atoms with Gasteiger partial charge in [-0.1, -0.05) is 0 Å². The number of unbranched alkanes of at least 4 members (excludes halogenated alkanes) is 1. The zero-order valence-electron chi connectivity index (χ0n) is 21.0. The number of carbonyl (C=O) groups is 3. The summed E-state index contributed by atoms with van der Waals surface area (Å²) in [5.74, 6) is -1.47. The maximum absolute atomic E-state index is 12.7. The first-order valence-corrected chi connectivity index (χ1v) is 12.3. The van der Waals surface area contributed by atoms with Gasteiger partial charge in [-0.2, -0.15) is 4.98 Å². The van der Waals surface area contributed by atoms with E-state index in [0.29, 0.717) is 23.0 Å². The number of rotatable bonds is 13. The Bertz CT molecular complexity index is 1280. The number of carbonyl (C=O) groups excluding carboxylic acids is 3. The summed E-state index contributed by atoms with van der Waals surface area (Å²) in [6, 6.07) is 4.22. The van der Waals surface area contributed by atoms with E-state index in [2.05, 4.69) is 25.3 Å². The van der Waals surface area contributed by atoms with Gasteiger partial charge >= 0.3 is 11.9 Å². The lowest BCUT2D eigenvalue weighted by Crippen LogP contribution is -2.42. The van der Waals surface area contributed by atoms with Crippen LogP contribution in [-0.2, 0) is 31.9 Å². The minimum Gasteiger partial charge on any atom is -0.466 e. The van der Waals surface area contributed by atoms with Gasteiger partial charge in [-0.05, 0) is 64.2 Å². The van der Waals surface area contributed by atoms with E-state index in [0.717, 1.165) is 30.7 Å². The molecule has 0 aromatic carbocycles. The molecule has 1 atom stereocenters. The second-order valence-corrected chi connectivity index (χ2v) is 8.38. The monoisotopic (exact) mass is 512 g/mol. The molecule has 0 aliphatic heterocycles. The molecule has 12 heteroatoms. The fraction of sp³-hybridized carbons (Fsp3) is 0.440. The lowest BCUT2D eigenvalue weighted by atomic mass is 10.1. The Morgan fingerprint density at radius 2 is 1.84 bits per heavy atom. The van der Waals surface area contributed by atoms with Crippen molar-refractivity contribution >= 4 is 34.8 Å².